The molecule has 2 unspecified atom stereocenters. The van der Waals surface area contributed by atoms with E-state index in [2.05, 4.69) is 23.3 Å². The van der Waals surface area contributed by atoms with Gasteiger partial charge in [0.2, 0.25) is 5.91 Å². The number of hydrogen-bond acceptors (Lipinski definition) is 4. The van der Waals surface area contributed by atoms with Crippen molar-refractivity contribution in [1.82, 2.24) is 10.3 Å². The summed E-state index contributed by atoms with van der Waals surface area (Å²) in [4.78, 5) is 17.9. The lowest BCUT2D eigenvalue weighted by molar-refractivity contribution is -0.121. The number of aromatic nitrogens is 1. The third-order valence-corrected chi connectivity index (χ3v) is 5.86. The molecule has 1 aliphatic carbocycles. The summed E-state index contributed by atoms with van der Waals surface area (Å²) in [6, 6.07) is 4.45. The number of rotatable bonds is 4. The van der Waals surface area contributed by atoms with E-state index >= 15 is 0 Å². The Morgan fingerprint density at radius 3 is 3.10 bits per heavy atom. The van der Waals surface area contributed by atoms with Gasteiger partial charge < -0.3 is 5.32 Å². The lowest BCUT2D eigenvalue weighted by Crippen LogP contribution is -2.38. The molecule has 0 saturated heterocycles. The molecule has 0 bridgehead atoms. The average Bonchev–Trinajstić information content (AvgIpc) is 3.08. The van der Waals surface area contributed by atoms with Gasteiger partial charge in [0.1, 0.15) is 5.01 Å². The molecule has 2 atom stereocenters. The Morgan fingerprint density at radius 2 is 2.33 bits per heavy atom. The van der Waals surface area contributed by atoms with Crippen molar-refractivity contribution in [3.63, 3.8) is 0 Å². The molecule has 5 heteroatoms. The highest BCUT2D eigenvalue weighted by Crippen LogP contribution is 2.28. The Hall–Kier alpha value is -1.20. The molecule has 2 aromatic heterocycles. The van der Waals surface area contributed by atoms with Crippen LogP contribution in [-0.4, -0.2) is 16.9 Å². The van der Waals surface area contributed by atoms with Gasteiger partial charge in [0, 0.05) is 11.4 Å². The predicted molar refractivity (Wildman–Crippen MR) is 88.7 cm³/mol. The van der Waals surface area contributed by atoms with Crippen LogP contribution in [0, 0.1) is 5.92 Å². The maximum absolute atomic E-state index is 12.1. The van der Waals surface area contributed by atoms with Crippen LogP contribution in [0.5, 0.6) is 0 Å². The van der Waals surface area contributed by atoms with E-state index in [1.54, 1.807) is 22.7 Å². The Bertz CT molecular complexity index is 591. The molecule has 0 spiro atoms. The minimum Gasteiger partial charge on any atom is -0.353 e. The lowest BCUT2D eigenvalue weighted by atomic mass is 9.87. The molecule has 0 aliphatic heterocycles. The predicted octanol–water partition coefficient (Wildman–Crippen LogP) is 4.11. The summed E-state index contributed by atoms with van der Waals surface area (Å²) in [5, 5.41) is 8.23. The minimum atomic E-state index is 0.108. The third-order valence-electron chi connectivity index (χ3n) is 3.93. The first-order valence-electron chi connectivity index (χ1n) is 7.48. The highest BCUT2D eigenvalue weighted by Gasteiger charge is 2.20. The topological polar surface area (TPSA) is 42.0 Å². The van der Waals surface area contributed by atoms with Crippen LogP contribution < -0.4 is 5.32 Å². The molecule has 21 heavy (non-hydrogen) atoms. The van der Waals surface area contributed by atoms with Crippen LogP contribution in [0.1, 0.15) is 38.3 Å². The van der Waals surface area contributed by atoms with E-state index in [0.29, 0.717) is 12.5 Å². The second-order valence-electron chi connectivity index (χ2n) is 5.83. The molecule has 1 aliphatic rings. The van der Waals surface area contributed by atoms with Crippen LogP contribution in [0.4, 0.5) is 0 Å². The normalized spacial score (nSPS) is 22.1. The molecular weight excluding hydrogens is 300 g/mol. The largest absolute Gasteiger partial charge is 0.353 e. The molecule has 1 fully saturated rings. The SMILES string of the molecule is CC1CCCC(NC(=O)Cc2csc(-c3cccs3)n2)C1. The van der Waals surface area contributed by atoms with Crippen LogP contribution in [0.3, 0.4) is 0 Å². The van der Waals surface area contributed by atoms with Crippen molar-refractivity contribution in [1.29, 1.82) is 0 Å². The summed E-state index contributed by atoms with van der Waals surface area (Å²) in [7, 11) is 0. The maximum Gasteiger partial charge on any atom is 0.226 e. The highest BCUT2D eigenvalue weighted by molar-refractivity contribution is 7.20. The van der Waals surface area contributed by atoms with Gasteiger partial charge >= 0.3 is 0 Å². The quantitative estimate of drug-likeness (QED) is 0.921. The average molecular weight is 320 g/mol. The number of hydrogen-bond donors (Lipinski definition) is 1. The van der Waals surface area contributed by atoms with Gasteiger partial charge in [-0.3, -0.25) is 4.79 Å². The zero-order valence-electron chi connectivity index (χ0n) is 12.2. The van der Waals surface area contributed by atoms with Crippen molar-refractivity contribution >= 4 is 28.6 Å². The van der Waals surface area contributed by atoms with E-state index in [1.165, 1.54) is 17.7 Å². The monoisotopic (exact) mass is 320 g/mol. The second kappa shape index (κ2) is 6.71. The number of nitrogens with one attached hydrogen (secondary N) is 1. The van der Waals surface area contributed by atoms with Gasteiger partial charge in [-0.2, -0.15) is 0 Å². The smallest absolute Gasteiger partial charge is 0.226 e. The lowest BCUT2D eigenvalue weighted by Gasteiger charge is -2.27. The van der Waals surface area contributed by atoms with E-state index in [9.17, 15) is 4.79 Å². The Kier molecular flexibility index (Phi) is 4.70. The number of amides is 1. The minimum absolute atomic E-state index is 0.108. The van der Waals surface area contributed by atoms with E-state index in [1.807, 2.05) is 16.8 Å². The maximum atomic E-state index is 12.1. The third kappa shape index (κ3) is 3.92. The first-order valence-corrected chi connectivity index (χ1v) is 9.24. The van der Waals surface area contributed by atoms with Crippen LogP contribution in [0.2, 0.25) is 0 Å². The molecule has 112 valence electrons. The fraction of sp³-hybridized carbons (Fsp3) is 0.500. The van der Waals surface area contributed by atoms with Crippen LogP contribution in [-0.2, 0) is 11.2 Å². The summed E-state index contributed by atoms with van der Waals surface area (Å²) in [5.41, 5.74) is 0.879. The summed E-state index contributed by atoms with van der Waals surface area (Å²) in [5.74, 6) is 0.839. The zero-order chi connectivity index (χ0) is 14.7. The van der Waals surface area contributed by atoms with Crippen molar-refractivity contribution in [2.75, 3.05) is 0 Å². The van der Waals surface area contributed by atoms with Gasteiger partial charge in [-0.05, 0) is 30.2 Å². The number of thiazole rings is 1. The number of carbonyl (C=O) groups is 1. The molecule has 0 radical (unpaired) electrons. The van der Waals surface area contributed by atoms with E-state index in [0.717, 1.165) is 29.5 Å². The van der Waals surface area contributed by atoms with Crippen LogP contribution >= 0.6 is 22.7 Å². The first kappa shape index (κ1) is 14.7. The first-order chi connectivity index (χ1) is 10.2. The molecule has 2 aromatic rings. The summed E-state index contributed by atoms with van der Waals surface area (Å²) >= 11 is 3.30. The van der Waals surface area contributed by atoms with Crippen LogP contribution in [0.25, 0.3) is 9.88 Å². The zero-order valence-corrected chi connectivity index (χ0v) is 13.8. The Balaban J connectivity index is 1.55. The van der Waals surface area contributed by atoms with Gasteiger partial charge in [0.15, 0.2) is 0 Å². The van der Waals surface area contributed by atoms with Crippen molar-refractivity contribution in [3.05, 3.63) is 28.6 Å². The number of nitrogens with zero attached hydrogens (tertiary/aromatic N) is 1. The molecule has 1 N–H and O–H groups in total. The molecular formula is C16H20N2OS2. The molecule has 2 heterocycles. The summed E-state index contributed by atoms with van der Waals surface area (Å²) in [6.07, 6.45) is 5.15. The second-order valence-corrected chi connectivity index (χ2v) is 7.64. The highest BCUT2D eigenvalue weighted by atomic mass is 32.1. The number of thiophene rings is 1. The summed E-state index contributed by atoms with van der Waals surface area (Å²) in [6.45, 7) is 2.27. The van der Waals surface area contributed by atoms with Gasteiger partial charge in [0.25, 0.3) is 0 Å². The standard InChI is InChI=1S/C16H20N2OS2/c1-11-4-2-5-12(8-11)17-15(19)9-13-10-21-16(18-13)14-6-3-7-20-14/h3,6-7,10-12H,2,4-5,8-9H2,1H3,(H,17,19). The van der Waals surface area contributed by atoms with Gasteiger partial charge in [-0.15, -0.1) is 22.7 Å². The van der Waals surface area contributed by atoms with E-state index in [-0.39, 0.29) is 5.91 Å². The summed E-state index contributed by atoms with van der Waals surface area (Å²) < 4.78 is 0. The molecule has 1 amide bonds. The van der Waals surface area contributed by atoms with Crippen molar-refractivity contribution < 1.29 is 4.79 Å². The molecule has 1 saturated carbocycles. The molecule has 3 rings (SSSR count). The van der Waals surface area contributed by atoms with Crippen molar-refractivity contribution in [2.45, 2.75) is 45.1 Å². The van der Waals surface area contributed by atoms with Crippen LogP contribution in [0.15, 0.2) is 22.9 Å². The fourth-order valence-electron chi connectivity index (χ4n) is 2.91. The van der Waals surface area contributed by atoms with E-state index < -0.39 is 0 Å². The Labute approximate surface area is 133 Å². The van der Waals surface area contributed by atoms with Gasteiger partial charge in [-0.1, -0.05) is 25.8 Å². The molecule has 3 nitrogen and oxygen atoms in total. The number of carbonyl (C=O) groups excluding carboxylic acids is 1. The van der Waals surface area contributed by atoms with Gasteiger partial charge in [-0.25, -0.2) is 4.98 Å². The molecule has 0 aromatic carbocycles. The van der Waals surface area contributed by atoms with Crippen molar-refractivity contribution in [3.8, 4) is 9.88 Å². The van der Waals surface area contributed by atoms with Crippen molar-refractivity contribution in [2.24, 2.45) is 5.92 Å². The van der Waals surface area contributed by atoms with Gasteiger partial charge in [0.05, 0.1) is 17.0 Å². The fourth-order valence-corrected chi connectivity index (χ4v) is 4.54. The Morgan fingerprint density at radius 1 is 1.43 bits per heavy atom. The van der Waals surface area contributed by atoms with E-state index in [4.69, 9.17) is 0 Å².